The van der Waals surface area contributed by atoms with Crippen LogP contribution in [0.5, 0.6) is 0 Å². The van der Waals surface area contributed by atoms with Gasteiger partial charge in [-0.15, -0.1) is 0 Å². The lowest BCUT2D eigenvalue weighted by Crippen LogP contribution is -2.24. The lowest BCUT2D eigenvalue weighted by Gasteiger charge is -1.85. The van der Waals surface area contributed by atoms with Crippen LogP contribution in [0.15, 0.2) is 24.4 Å². The van der Waals surface area contributed by atoms with E-state index in [-0.39, 0.29) is 5.82 Å². The number of pyridine rings is 1. The van der Waals surface area contributed by atoms with Gasteiger partial charge in [0.2, 0.25) is 10.4 Å². The first kappa shape index (κ1) is 5.51. The van der Waals surface area contributed by atoms with Crippen LogP contribution in [0.2, 0.25) is 0 Å². The number of hydrogen-bond donors (Lipinski definition) is 0. The van der Waals surface area contributed by atoms with Crippen molar-refractivity contribution in [1.29, 1.82) is 5.39 Å². The van der Waals surface area contributed by atoms with Gasteiger partial charge in [-0.25, -0.2) is 0 Å². The molecule has 4 nitrogen and oxygen atoms in total. The highest BCUT2D eigenvalue weighted by molar-refractivity contribution is 5.26. The second kappa shape index (κ2) is 2.09. The highest BCUT2D eigenvalue weighted by atomic mass is 16.5. The standard InChI is InChI=1S/C5H4N3O/c6-7-5-3-1-2-4-8(5)9/h1-4H/q+1. The molecule has 0 saturated heterocycles. The SMILES string of the molecule is N#[N+]c1cccc[n+]1[O-]. The summed E-state index contributed by atoms with van der Waals surface area (Å²) in [5.74, 6) is -0.00231. The summed E-state index contributed by atoms with van der Waals surface area (Å²) in [4.78, 5) is 2.72. The summed E-state index contributed by atoms with van der Waals surface area (Å²) in [6.07, 6.45) is 1.26. The molecule has 44 valence electrons. The van der Waals surface area contributed by atoms with Gasteiger partial charge in [0.05, 0.1) is 0 Å². The van der Waals surface area contributed by atoms with Crippen molar-refractivity contribution in [3.05, 3.63) is 34.6 Å². The molecule has 0 radical (unpaired) electrons. The van der Waals surface area contributed by atoms with Crippen molar-refractivity contribution < 1.29 is 4.73 Å². The third-order valence-electron chi connectivity index (χ3n) is 0.906. The van der Waals surface area contributed by atoms with Gasteiger partial charge < -0.3 is 5.21 Å². The van der Waals surface area contributed by atoms with E-state index in [9.17, 15) is 5.21 Å². The Bertz CT molecular complexity index is 253. The third kappa shape index (κ3) is 0.941. The minimum Gasteiger partial charge on any atom is -0.613 e. The van der Waals surface area contributed by atoms with Gasteiger partial charge in [0.1, 0.15) is 6.07 Å². The van der Waals surface area contributed by atoms with Gasteiger partial charge >= 0.3 is 5.82 Å². The monoisotopic (exact) mass is 122 g/mol. The van der Waals surface area contributed by atoms with Crippen LogP contribution in [-0.2, 0) is 0 Å². The largest absolute Gasteiger partial charge is 0.622 e. The van der Waals surface area contributed by atoms with Crippen LogP contribution >= 0.6 is 0 Å². The molecule has 0 saturated carbocycles. The Morgan fingerprint density at radius 3 is 2.78 bits per heavy atom. The van der Waals surface area contributed by atoms with Crippen LogP contribution in [-0.4, -0.2) is 0 Å². The smallest absolute Gasteiger partial charge is 0.613 e. The number of hydrogen-bond acceptors (Lipinski definition) is 2. The van der Waals surface area contributed by atoms with Crippen LogP contribution in [0.25, 0.3) is 4.98 Å². The van der Waals surface area contributed by atoms with Crippen molar-refractivity contribution in [2.75, 3.05) is 0 Å². The first-order chi connectivity index (χ1) is 4.34. The van der Waals surface area contributed by atoms with E-state index in [4.69, 9.17) is 5.39 Å². The van der Waals surface area contributed by atoms with Crippen molar-refractivity contribution >= 4 is 5.82 Å². The first-order valence-electron chi connectivity index (χ1n) is 2.38. The summed E-state index contributed by atoms with van der Waals surface area (Å²) in [6.45, 7) is 0. The average Bonchev–Trinajstić information content (AvgIpc) is 1.89. The van der Waals surface area contributed by atoms with Crippen molar-refractivity contribution in [2.45, 2.75) is 0 Å². The van der Waals surface area contributed by atoms with E-state index in [2.05, 4.69) is 4.98 Å². The number of diazo groups is 1. The van der Waals surface area contributed by atoms with E-state index in [1.54, 1.807) is 12.1 Å². The molecule has 0 amide bonds. The fourth-order valence-electron chi connectivity index (χ4n) is 0.497. The molecule has 1 rings (SSSR count). The Hall–Kier alpha value is -1.63. The minimum absolute atomic E-state index is 0.00231. The van der Waals surface area contributed by atoms with Gasteiger partial charge in [0.15, 0.2) is 6.20 Å². The quantitative estimate of drug-likeness (QED) is 0.290. The molecule has 1 heterocycles. The summed E-state index contributed by atoms with van der Waals surface area (Å²) in [7, 11) is 0. The molecule has 0 aliphatic rings. The van der Waals surface area contributed by atoms with Gasteiger partial charge in [-0.3, -0.25) is 0 Å². The predicted molar refractivity (Wildman–Crippen MR) is 30.1 cm³/mol. The maximum atomic E-state index is 10.5. The van der Waals surface area contributed by atoms with Gasteiger partial charge in [-0.1, -0.05) is 4.73 Å². The Labute approximate surface area is 51.6 Å². The van der Waals surface area contributed by atoms with E-state index >= 15 is 0 Å². The van der Waals surface area contributed by atoms with E-state index < -0.39 is 0 Å². The number of rotatable bonds is 0. The molecule has 0 bridgehead atoms. The maximum absolute atomic E-state index is 10.5. The molecule has 0 spiro atoms. The van der Waals surface area contributed by atoms with E-state index in [1.165, 1.54) is 12.3 Å². The molecule has 0 aliphatic heterocycles. The zero-order valence-electron chi connectivity index (χ0n) is 4.56. The molecule has 0 fully saturated rings. The van der Waals surface area contributed by atoms with Crippen molar-refractivity contribution in [2.24, 2.45) is 0 Å². The summed E-state index contributed by atoms with van der Waals surface area (Å²) in [5.41, 5.74) is 0. The van der Waals surface area contributed by atoms with E-state index in [1.807, 2.05) is 0 Å². The maximum Gasteiger partial charge on any atom is 0.622 e. The molecule has 0 N–H and O–H groups in total. The molecule has 0 unspecified atom stereocenters. The Balaban J connectivity index is 3.20. The van der Waals surface area contributed by atoms with Gasteiger partial charge in [0.25, 0.3) is 0 Å². The zero-order chi connectivity index (χ0) is 6.69. The van der Waals surface area contributed by atoms with Crippen LogP contribution < -0.4 is 4.73 Å². The van der Waals surface area contributed by atoms with Crippen molar-refractivity contribution in [1.82, 2.24) is 0 Å². The molecule has 1 aromatic heterocycles. The molecular weight excluding hydrogens is 118 g/mol. The molecule has 1 aromatic rings. The lowest BCUT2D eigenvalue weighted by molar-refractivity contribution is -0.588. The Kier molecular flexibility index (Phi) is 1.28. The normalized spacial score (nSPS) is 8.33. The van der Waals surface area contributed by atoms with Crippen LogP contribution in [0.3, 0.4) is 0 Å². The summed E-state index contributed by atoms with van der Waals surface area (Å²) in [6, 6.07) is 4.58. The fraction of sp³-hybridized carbons (Fsp3) is 0. The number of aromatic nitrogens is 1. The molecule has 0 atom stereocenters. The molecule has 0 aliphatic carbocycles. The topological polar surface area (TPSA) is 55.1 Å². The average molecular weight is 122 g/mol. The van der Waals surface area contributed by atoms with E-state index in [0.29, 0.717) is 4.73 Å². The molecule has 0 aromatic carbocycles. The molecule has 4 heteroatoms. The second-order valence-corrected chi connectivity index (χ2v) is 1.48. The summed E-state index contributed by atoms with van der Waals surface area (Å²) >= 11 is 0. The van der Waals surface area contributed by atoms with Crippen molar-refractivity contribution in [3.63, 3.8) is 0 Å². The van der Waals surface area contributed by atoms with Crippen LogP contribution in [0.4, 0.5) is 5.82 Å². The fourth-order valence-corrected chi connectivity index (χ4v) is 0.497. The van der Waals surface area contributed by atoms with E-state index in [0.717, 1.165) is 0 Å². The minimum atomic E-state index is -0.00231. The van der Waals surface area contributed by atoms with Crippen LogP contribution in [0.1, 0.15) is 0 Å². The van der Waals surface area contributed by atoms with Gasteiger partial charge in [-0.05, 0) is 6.07 Å². The first-order valence-corrected chi connectivity index (χ1v) is 2.38. The van der Waals surface area contributed by atoms with Crippen LogP contribution in [0, 0.1) is 10.6 Å². The second-order valence-electron chi connectivity index (χ2n) is 1.48. The zero-order valence-corrected chi connectivity index (χ0v) is 4.56. The number of nitrogens with zero attached hydrogens (tertiary/aromatic N) is 3. The van der Waals surface area contributed by atoms with Gasteiger partial charge in [-0.2, -0.15) is 0 Å². The molecule has 9 heavy (non-hydrogen) atoms. The van der Waals surface area contributed by atoms with Crippen molar-refractivity contribution in [3.8, 4) is 0 Å². The predicted octanol–water partition coefficient (Wildman–Crippen LogP) is 0.805. The molecular formula is C5H4N3O+. The third-order valence-corrected chi connectivity index (χ3v) is 0.906. The summed E-state index contributed by atoms with van der Waals surface area (Å²) < 4.78 is 0.472. The van der Waals surface area contributed by atoms with Gasteiger partial charge in [0, 0.05) is 6.07 Å². The highest BCUT2D eigenvalue weighted by Crippen LogP contribution is 1.99. The highest BCUT2D eigenvalue weighted by Gasteiger charge is 2.13. The Morgan fingerprint density at radius 1 is 1.56 bits per heavy atom. The lowest BCUT2D eigenvalue weighted by atomic mass is 10.5. The Morgan fingerprint density at radius 2 is 2.33 bits per heavy atom. The summed E-state index contributed by atoms with van der Waals surface area (Å²) in [5, 5.41) is 18.6.